The fraction of sp³-hybridized carbons (Fsp3) is 0.353. The van der Waals surface area contributed by atoms with Crippen LogP contribution in [0.1, 0.15) is 18.4 Å². The SMILES string of the molecule is COc1ccc2cc([C@H](C)C(=O)OCCS(C)(=O)=O)ccc2c1. The third kappa shape index (κ3) is 4.69. The molecule has 6 heteroatoms. The molecule has 0 aliphatic carbocycles. The molecule has 0 aliphatic heterocycles. The first-order chi connectivity index (χ1) is 10.8. The van der Waals surface area contributed by atoms with Crippen molar-refractivity contribution in [1.82, 2.24) is 0 Å². The quantitative estimate of drug-likeness (QED) is 0.758. The normalized spacial score (nSPS) is 12.8. The summed E-state index contributed by atoms with van der Waals surface area (Å²) in [5.74, 6) is -0.274. The molecular formula is C17H20O5S. The number of ether oxygens (including phenoxy) is 2. The molecule has 0 saturated heterocycles. The van der Waals surface area contributed by atoms with Crippen LogP contribution in [-0.4, -0.2) is 40.1 Å². The number of carbonyl (C=O) groups excluding carboxylic acids is 1. The zero-order valence-electron chi connectivity index (χ0n) is 13.4. The van der Waals surface area contributed by atoms with E-state index in [0.29, 0.717) is 0 Å². The molecule has 2 rings (SSSR count). The maximum atomic E-state index is 12.0. The number of rotatable bonds is 6. The van der Waals surface area contributed by atoms with E-state index < -0.39 is 21.7 Å². The van der Waals surface area contributed by atoms with Gasteiger partial charge in [0, 0.05) is 6.26 Å². The molecule has 2 aromatic rings. The summed E-state index contributed by atoms with van der Waals surface area (Å²) < 4.78 is 32.3. The molecule has 0 unspecified atom stereocenters. The third-order valence-corrected chi connectivity index (χ3v) is 4.53. The van der Waals surface area contributed by atoms with Crippen LogP contribution in [-0.2, 0) is 19.4 Å². The molecule has 5 nitrogen and oxygen atoms in total. The first kappa shape index (κ1) is 17.3. The topological polar surface area (TPSA) is 69.7 Å². The van der Waals surface area contributed by atoms with Crippen molar-refractivity contribution in [2.75, 3.05) is 25.7 Å². The van der Waals surface area contributed by atoms with Crippen LogP contribution in [0.4, 0.5) is 0 Å². The van der Waals surface area contributed by atoms with E-state index in [4.69, 9.17) is 9.47 Å². The van der Waals surface area contributed by atoms with Crippen molar-refractivity contribution in [1.29, 1.82) is 0 Å². The van der Waals surface area contributed by atoms with Gasteiger partial charge in [0.1, 0.15) is 12.4 Å². The van der Waals surface area contributed by atoms with Crippen LogP contribution in [0.5, 0.6) is 5.75 Å². The minimum atomic E-state index is -3.13. The van der Waals surface area contributed by atoms with E-state index in [2.05, 4.69) is 0 Å². The second-order valence-electron chi connectivity index (χ2n) is 5.49. The number of sulfone groups is 1. The number of benzene rings is 2. The van der Waals surface area contributed by atoms with Crippen molar-refractivity contribution < 1.29 is 22.7 Å². The maximum absolute atomic E-state index is 12.0. The van der Waals surface area contributed by atoms with Crippen molar-refractivity contribution in [2.45, 2.75) is 12.8 Å². The molecule has 0 fully saturated rings. The summed E-state index contributed by atoms with van der Waals surface area (Å²) in [6.45, 7) is 1.63. The van der Waals surface area contributed by atoms with Gasteiger partial charge in [-0.1, -0.05) is 24.3 Å². The molecule has 0 amide bonds. The first-order valence-corrected chi connectivity index (χ1v) is 9.28. The van der Waals surface area contributed by atoms with E-state index in [1.807, 2.05) is 36.4 Å². The van der Waals surface area contributed by atoms with Crippen LogP contribution in [0.25, 0.3) is 10.8 Å². The monoisotopic (exact) mass is 336 g/mol. The lowest BCUT2D eigenvalue weighted by molar-refractivity contribution is -0.144. The summed E-state index contributed by atoms with van der Waals surface area (Å²) in [5.41, 5.74) is 0.826. The highest BCUT2D eigenvalue weighted by Crippen LogP contribution is 2.25. The van der Waals surface area contributed by atoms with E-state index in [1.165, 1.54) is 0 Å². The van der Waals surface area contributed by atoms with E-state index in [-0.39, 0.29) is 12.4 Å². The molecule has 0 radical (unpaired) electrons. The lowest BCUT2D eigenvalue weighted by atomic mass is 9.98. The fourth-order valence-electron chi connectivity index (χ4n) is 2.19. The first-order valence-electron chi connectivity index (χ1n) is 7.22. The van der Waals surface area contributed by atoms with E-state index in [9.17, 15) is 13.2 Å². The highest BCUT2D eigenvalue weighted by atomic mass is 32.2. The Labute approximate surface area is 136 Å². The predicted octanol–water partition coefficient (Wildman–Crippen LogP) is 2.54. The highest BCUT2D eigenvalue weighted by Gasteiger charge is 2.18. The van der Waals surface area contributed by atoms with Crippen LogP contribution in [0.3, 0.4) is 0 Å². The van der Waals surface area contributed by atoms with E-state index >= 15 is 0 Å². The van der Waals surface area contributed by atoms with Gasteiger partial charge in [-0.15, -0.1) is 0 Å². The Bertz CT molecular complexity index is 811. The van der Waals surface area contributed by atoms with Gasteiger partial charge in [0.05, 0.1) is 18.8 Å². The Balaban J connectivity index is 2.11. The Hall–Kier alpha value is -2.08. The molecule has 0 aliphatic rings. The van der Waals surface area contributed by atoms with Gasteiger partial charge in [-0.2, -0.15) is 0 Å². The average molecular weight is 336 g/mol. The predicted molar refractivity (Wildman–Crippen MR) is 89.6 cm³/mol. The fourth-order valence-corrected chi connectivity index (χ4v) is 2.58. The van der Waals surface area contributed by atoms with Gasteiger partial charge in [0.25, 0.3) is 0 Å². The summed E-state index contributed by atoms with van der Waals surface area (Å²) in [6.07, 6.45) is 1.11. The van der Waals surface area contributed by atoms with Gasteiger partial charge in [-0.3, -0.25) is 4.79 Å². The minimum absolute atomic E-state index is 0.118. The number of hydrogen-bond acceptors (Lipinski definition) is 5. The van der Waals surface area contributed by atoms with Gasteiger partial charge in [-0.25, -0.2) is 8.42 Å². The van der Waals surface area contributed by atoms with Crippen molar-refractivity contribution in [3.05, 3.63) is 42.0 Å². The summed E-state index contributed by atoms with van der Waals surface area (Å²) in [6, 6.07) is 11.4. The number of hydrogen-bond donors (Lipinski definition) is 0. The molecule has 23 heavy (non-hydrogen) atoms. The zero-order valence-corrected chi connectivity index (χ0v) is 14.2. The van der Waals surface area contributed by atoms with Gasteiger partial charge >= 0.3 is 5.97 Å². The second kappa shape index (κ2) is 7.00. The highest BCUT2D eigenvalue weighted by molar-refractivity contribution is 7.90. The van der Waals surface area contributed by atoms with Gasteiger partial charge < -0.3 is 9.47 Å². The van der Waals surface area contributed by atoms with Crippen molar-refractivity contribution in [3.8, 4) is 5.75 Å². The molecule has 0 spiro atoms. The van der Waals surface area contributed by atoms with Crippen LogP contribution < -0.4 is 4.74 Å². The molecule has 1 atom stereocenters. The molecule has 0 aromatic heterocycles. The average Bonchev–Trinajstić information content (AvgIpc) is 2.51. The maximum Gasteiger partial charge on any atom is 0.313 e. The van der Waals surface area contributed by atoms with Gasteiger partial charge in [0.15, 0.2) is 9.84 Å². The summed E-state index contributed by atoms with van der Waals surface area (Å²) in [5, 5.41) is 2.02. The van der Waals surface area contributed by atoms with Crippen molar-refractivity contribution in [3.63, 3.8) is 0 Å². The summed E-state index contributed by atoms with van der Waals surface area (Å²) in [7, 11) is -1.52. The molecule has 0 N–H and O–H groups in total. The molecule has 2 aromatic carbocycles. The Morgan fingerprint density at radius 3 is 2.43 bits per heavy atom. The van der Waals surface area contributed by atoms with Crippen LogP contribution >= 0.6 is 0 Å². The minimum Gasteiger partial charge on any atom is -0.497 e. The molecule has 0 saturated carbocycles. The molecule has 0 heterocycles. The van der Waals surface area contributed by atoms with Crippen molar-refractivity contribution in [2.24, 2.45) is 0 Å². The summed E-state index contributed by atoms with van der Waals surface area (Å²) in [4.78, 5) is 12.0. The lowest BCUT2D eigenvalue weighted by Gasteiger charge is -2.13. The molecule has 0 bridgehead atoms. The van der Waals surface area contributed by atoms with Gasteiger partial charge in [-0.05, 0) is 35.4 Å². The Morgan fingerprint density at radius 1 is 1.13 bits per heavy atom. The Kier molecular flexibility index (Phi) is 5.26. The number of fused-ring (bicyclic) bond motifs is 1. The van der Waals surface area contributed by atoms with Crippen molar-refractivity contribution >= 4 is 26.6 Å². The summed E-state index contributed by atoms with van der Waals surface area (Å²) >= 11 is 0. The van der Waals surface area contributed by atoms with Crippen LogP contribution in [0.15, 0.2) is 36.4 Å². The number of esters is 1. The van der Waals surface area contributed by atoms with Crippen LogP contribution in [0.2, 0.25) is 0 Å². The number of methoxy groups -OCH3 is 1. The zero-order chi connectivity index (χ0) is 17.0. The lowest BCUT2D eigenvalue weighted by Crippen LogP contribution is -2.18. The van der Waals surface area contributed by atoms with Crippen LogP contribution in [0, 0.1) is 0 Å². The van der Waals surface area contributed by atoms with E-state index in [0.717, 1.165) is 28.3 Å². The molecular weight excluding hydrogens is 316 g/mol. The Morgan fingerprint density at radius 2 is 1.78 bits per heavy atom. The second-order valence-corrected chi connectivity index (χ2v) is 7.75. The van der Waals surface area contributed by atoms with E-state index in [1.54, 1.807) is 14.0 Å². The number of carbonyl (C=O) groups is 1. The molecule has 124 valence electrons. The smallest absolute Gasteiger partial charge is 0.313 e. The third-order valence-electron chi connectivity index (χ3n) is 3.62. The largest absolute Gasteiger partial charge is 0.497 e. The van der Waals surface area contributed by atoms with Gasteiger partial charge in [0.2, 0.25) is 0 Å². The standard InChI is InChI=1S/C17H20O5S/c1-12(17(18)22-8-9-23(3,19)20)13-4-5-15-11-16(21-2)7-6-14(15)10-13/h4-7,10-12H,8-9H2,1-3H3/t12-/m0/s1.